The Kier molecular flexibility index (Phi) is 5.42. The number of carbonyl (C=O) groups excluding carboxylic acids is 1. The van der Waals surface area contributed by atoms with Crippen LogP contribution in [0.3, 0.4) is 0 Å². The Bertz CT molecular complexity index is 884. The number of aromatic nitrogens is 4. The van der Waals surface area contributed by atoms with Gasteiger partial charge < -0.3 is 19.7 Å². The summed E-state index contributed by atoms with van der Waals surface area (Å²) in [7, 11) is 2.08. The Morgan fingerprint density at radius 1 is 1.23 bits per heavy atom. The minimum atomic E-state index is -0.537. The van der Waals surface area contributed by atoms with Crippen molar-refractivity contribution in [3.8, 4) is 0 Å². The van der Waals surface area contributed by atoms with Crippen molar-refractivity contribution in [3.63, 3.8) is 0 Å². The molecule has 2 aromatic rings. The summed E-state index contributed by atoms with van der Waals surface area (Å²) in [6.45, 7) is 3.82. The summed E-state index contributed by atoms with van der Waals surface area (Å²) >= 11 is 0. The zero-order valence-electron chi connectivity index (χ0n) is 14.5. The van der Waals surface area contributed by atoms with Crippen LogP contribution >= 0.6 is 0 Å². The van der Waals surface area contributed by atoms with E-state index in [0.29, 0.717) is 5.82 Å². The van der Waals surface area contributed by atoms with Crippen molar-refractivity contribution < 1.29 is 4.79 Å². The van der Waals surface area contributed by atoms with Crippen LogP contribution in [0.5, 0.6) is 0 Å². The Morgan fingerprint density at radius 2 is 2.00 bits per heavy atom. The molecule has 0 radical (unpaired) electrons. The van der Waals surface area contributed by atoms with Crippen molar-refractivity contribution in [3.05, 3.63) is 45.5 Å². The maximum absolute atomic E-state index is 12.1. The molecule has 3 rings (SSSR count). The average molecular weight is 359 g/mol. The first-order valence-electron chi connectivity index (χ1n) is 8.36. The molecule has 1 aliphatic heterocycles. The van der Waals surface area contributed by atoms with Gasteiger partial charge in [-0.15, -0.1) is 0 Å². The highest BCUT2D eigenvalue weighted by atomic mass is 16.2. The van der Waals surface area contributed by atoms with Gasteiger partial charge >= 0.3 is 5.69 Å². The number of H-pyrrole nitrogens is 1. The van der Waals surface area contributed by atoms with Gasteiger partial charge in [0.05, 0.1) is 0 Å². The molecule has 0 aromatic carbocycles. The highest BCUT2D eigenvalue weighted by molar-refractivity contribution is 5.89. The number of hydrogen-bond donors (Lipinski definition) is 2. The molecule has 0 saturated carbocycles. The molecule has 3 heterocycles. The van der Waals surface area contributed by atoms with E-state index in [4.69, 9.17) is 0 Å². The summed E-state index contributed by atoms with van der Waals surface area (Å²) in [6.07, 6.45) is 2.88. The van der Waals surface area contributed by atoms with E-state index < -0.39 is 11.2 Å². The summed E-state index contributed by atoms with van der Waals surface area (Å²) in [5.41, 5.74) is -1.00. The van der Waals surface area contributed by atoms with Crippen LogP contribution in [0.1, 0.15) is 6.42 Å². The molecule has 2 N–H and O–H groups in total. The lowest BCUT2D eigenvalue weighted by Crippen LogP contribution is -2.44. The molecule has 0 bridgehead atoms. The zero-order valence-corrected chi connectivity index (χ0v) is 14.5. The summed E-state index contributed by atoms with van der Waals surface area (Å²) in [5.74, 6) is 0.930. The molecular formula is C16H21N7O3. The molecule has 1 saturated heterocycles. The highest BCUT2D eigenvalue weighted by Crippen LogP contribution is 2.15. The van der Waals surface area contributed by atoms with Crippen LogP contribution in [0.4, 0.5) is 11.6 Å². The largest absolute Gasteiger partial charge is 0.354 e. The van der Waals surface area contributed by atoms with Gasteiger partial charge in [-0.25, -0.2) is 14.8 Å². The summed E-state index contributed by atoms with van der Waals surface area (Å²) in [4.78, 5) is 49.6. The fraction of sp³-hybridized carbons (Fsp3) is 0.438. The van der Waals surface area contributed by atoms with Crippen LogP contribution in [-0.2, 0) is 11.3 Å². The van der Waals surface area contributed by atoms with Crippen molar-refractivity contribution in [1.82, 2.24) is 24.4 Å². The standard InChI is InChI=1S/C16H21N7O3/c1-21-6-8-22(9-7-21)13-10-12(17-11-18-13)19-14(24)2-4-23-5-3-15(25)20-16(23)26/h3,5,10-11H,2,4,6-9H2,1H3,(H,20,25,26)(H,17,18,19,24). The molecule has 1 amide bonds. The maximum atomic E-state index is 12.1. The monoisotopic (exact) mass is 359 g/mol. The molecule has 26 heavy (non-hydrogen) atoms. The lowest BCUT2D eigenvalue weighted by Gasteiger charge is -2.33. The second-order valence-corrected chi connectivity index (χ2v) is 6.15. The predicted molar refractivity (Wildman–Crippen MR) is 96.3 cm³/mol. The van der Waals surface area contributed by atoms with Gasteiger partial charge in [-0.05, 0) is 7.05 Å². The quantitative estimate of drug-likeness (QED) is 0.711. The molecule has 0 unspecified atom stereocenters. The average Bonchev–Trinajstić information content (AvgIpc) is 2.62. The summed E-state index contributed by atoms with van der Waals surface area (Å²) in [6, 6.07) is 2.99. The third kappa shape index (κ3) is 4.54. The fourth-order valence-electron chi connectivity index (χ4n) is 2.67. The topological polar surface area (TPSA) is 116 Å². The minimum Gasteiger partial charge on any atom is -0.354 e. The van der Waals surface area contributed by atoms with Crippen LogP contribution in [0.2, 0.25) is 0 Å². The normalized spacial score (nSPS) is 15.0. The molecule has 2 aromatic heterocycles. The van der Waals surface area contributed by atoms with Crippen molar-refractivity contribution >= 4 is 17.5 Å². The molecule has 0 atom stereocenters. The molecule has 1 fully saturated rings. The molecule has 0 spiro atoms. The summed E-state index contributed by atoms with van der Waals surface area (Å²) < 4.78 is 1.27. The smallest absolute Gasteiger partial charge is 0.328 e. The van der Waals surface area contributed by atoms with Gasteiger partial charge in [0.2, 0.25) is 5.91 Å². The first-order chi connectivity index (χ1) is 12.5. The van der Waals surface area contributed by atoms with Crippen LogP contribution in [0.25, 0.3) is 0 Å². The van der Waals surface area contributed by atoms with Crippen molar-refractivity contribution in [2.45, 2.75) is 13.0 Å². The van der Waals surface area contributed by atoms with E-state index in [1.165, 1.54) is 23.2 Å². The van der Waals surface area contributed by atoms with Gasteiger partial charge in [0.1, 0.15) is 18.0 Å². The molecule has 0 aliphatic carbocycles. The number of anilines is 2. The second-order valence-electron chi connectivity index (χ2n) is 6.15. The molecule has 1 aliphatic rings. The first-order valence-corrected chi connectivity index (χ1v) is 8.36. The Balaban J connectivity index is 1.58. The lowest BCUT2D eigenvalue weighted by molar-refractivity contribution is -0.116. The van der Waals surface area contributed by atoms with Crippen molar-refractivity contribution in [1.29, 1.82) is 0 Å². The number of rotatable bonds is 5. The fourth-order valence-corrected chi connectivity index (χ4v) is 2.67. The van der Waals surface area contributed by atoms with Crippen LogP contribution < -0.4 is 21.5 Å². The second kappa shape index (κ2) is 7.91. The van der Waals surface area contributed by atoms with Gasteiger partial charge in [-0.1, -0.05) is 0 Å². The van der Waals surface area contributed by atoms with Crippen molar-refractivity contribution in [2.75, 3.05) is 43.4 Å². The number of likely N-dealkylation sites (N-methyl/N-ethyl adjacent to an activating group) is 1. The van der Waals surface area contributed by atoms with Crippen LogP contribution in [-0.4, -0.2) is 63.6 Å². The van der Waals surface area contributed by atoms with Gasteiger partial charge in [-0.2, -0.15) is 0 Å². The number of nitrogens with zero attached hydrogens (tertiary/aromatic N) is 5. The van der Waals surface area contributed by atoms with E-state index in [1.807, 2.05) is 0 Å². The number of aromatic amines is 1. The molecule has 10 heteroatoms. The lowest BCUT2D eigenvalue weighted by atomic mass is 10.3. The Morgan fingerprint density at radius 3 is 2.73 bits per heavy atom. The van der Waals surface area contributed by atoms with Gasteiger partial charge in [0.25, 0.3) is 5.56 Å². The van der Waals surface area contributed by atoms with Crippen molar-refractivity contribution in [2.24, 2.45) is 0 Å². The first kappa shape index (κ1) is 17.8. The third-order valence-electron chi connectivity index (χ3n) is 4.22. The minimum absolute atomic E-state index is 0.0831. The number of carbonyl (C=O) groups is 1. The SMILES string of the molecule is CN1CCN(c2cc(NC(=O)CCn3ccc(=O)[nH]c3=O)ncn2)CC1. The predicted octanol–water partition coefficient (Wildman–Crippen LogP) is -0.893. The van der Waals surface area contributed by atoms with E-state index >= 15 is 0 Å². The van der Waals surface area contributed by atoms with E-state index in [-0.39, 0.29) is 18.9 Å². The van der Waals surface area contributed by atoms with Crippen LogP contribution in [0, 0.1) is 0 Å². The number of amides is 1. The van der Waals surface area contributed by atoms with E-state index in [0.717, 1.165) is 32.0 Å². The highest BCUT2D eigenvalue weighted by Gasteiger charge is 2.16. The van der Waals surface area contributed by atoms with E-state index in [1.54, 1.807) is 6.07 Å². The number of piperazine rings is 1. The van der Waals surface area contributed by atoms with Gasteiger partial charge in [0, 0.05) is 57.5 Å². The van der Waals surface area contributed by atoms with Crippen LogP contribution in [0.15, 0.2) is 34.2 Å². The number of nitrogens with one attached hydrogen (secondary N) is 2. The van der Waals surface area contributed by atoms with Gasteiger partial charge in [0.15, 0.2) is 0 Å². The number of hydrogen-bond acceptors (Lipinski definition) is 7. The maximum Gasteiger partial charge on any atom is 0.328 e. The Labute approximate surface area is 149 Å². The molecule has 10 nitrogen and oxygen atoms in total. The number of aryl methyl sites for hydroxylation is 1. The zero-order chi connectivity index (χ0) is 18.5. The van der Waals surface area contributed by atoms with Gasteiger partial charge in [-0.3, -0.25) is 14.6 Å². The molecule has 138 valence electrons. The molecular weight excluding hydrogens is 338 g/mol. The van der Waals surface area contributed by atoms with E-state index in [9.17, 15) is 14.4 Å². The van der Waals surface area contributed by atoms with E-state index in [2.05, 4.69) is 37.1 Å². The third-order valence-corrected chi connectivity index (χ3v) is 4.22. The summed E-state index contributed by atoms with van der Waals surface area (Å²) in [5, 5.41) is 2.72. The Hall–Kier alpha value is -3.01.